The summed E-state index contributed by atoms with van der Waals surface area (Å²) in [5.41, 5.74) is 1.45. The number of quaternary nitrogens is 2. The second-order valence-corrected chi connectivity index (χ2v) is 11.3. The standard InChI is InChI=1S/C29H56N2/c1-6-7-8-9-10-11-12-13-14-15-16-17-18-22-25-30(2,3)26-27-31(4,5)28-29-23-20-19-21-24-29/h19-21,23-24H,6-18,22,25-28H2,1-5H3/q+2. The molecule has 0 N–H and O–H groups in total. The monoisotopic (exact) mass is 432 g/mol. The van der Waals surface area contributed by atoms with Crippen LogP contribution >= 0.6 is 0 Å². The van der Waals surface area contributed by atoms with Crippen LogP contribution in [0.25, 0.3) is 0 Å². The number of benzene rings is 1. The first-order chi connectivity index (χ1) is 14.8. The molecule has 0 aliphatic carbocycles. The minimum Gasteiger partial charge on any atom is -0.324 e. The number of rotatable bonds is 20. The second-order valence-electron chi connectivity index (χ2n) is 11.3. The maximum absolute atomic E-state index is 2.42. The van der Waals surface area contributed by atoms with Crippen molar-refractivity contribution in [3.63, 3.8) is 0 Å². The highest BCUT2D eigenvalue weighted by Gasteiger charge is 2.22. The van der Waals surface area contributed by atoms with Crippen LogP contribution < -0.4 is 0 Å². The summed E-state index contributed by atoms with van der Waals surface area (Å²) in [6.07, 6.45) is 20.2. The van der Waals surface area contributed by atoms with E-state index in [0.717, 1.165) is 15.5 Å². The van der Waals surface area contributed by atoms with E-state index in [4.69, 9.17) is 0 Å². The summed E-state index contributed by atoms with van der Waals surface area (Å²) in [7, 11) is 9.59. The smallest absolute Gasteiger partial charge is 0.128 e. The van der Waals surface area contributed by atoms with Gasteiger partial charge in [0.15, 0.2) is 0 Å². The maximum Gasteiger partial charge on any atom is 0.128 e. The molecule has 0 atom stereocenters. The first-order valence-corrected chi connectivity index (χ1v) is 13.5. The van der Waals surface area contributed by atoms with Crippen LogP contribution in [-0.4, -0.2) is 56.8 Å². The number of likely N-dealkylation sites (N-methyl/N-ethyl adjacent to an activating group) is 2. The van der Waals surface area contributed by atoms with E-state index in [9.17, 15) is 0 Å². The molecule has 0 heterocycles. The van der Waals surface area contributed by atoms with Gasteiger partial charge in [0.05, 0.1) is 34.7 Å². The molecule has 1 aromatic carbocycles. The molecule has 0 fully saturated rings. The van der Waals surface area contributed by atoms with Crippen molar-refractivity contribution in [3.05, 3.63) is 35.9 Å². The molecule has 1 rings (SSSR count). The molecule has 180 valence electrons. The normalized spacial score (nSPS) is 12.4. The van der Waals surface area contributed by atoms with Crippen LogP contribution in [0.5, 0.6) is 0 Å². The number of hydrogen-bond acceptors (Lipinski definition) is 0. The van der Waals surface area contributed by atoms with Gasteiger partial charge in [0, 0.05) is 5.56 Å². The van der Waals surface area contributed by atoms with Crippen LogP contribution in [0, 0.1) is 0 Å². The van der Waals surface area contributed by atoms with Crippen LogP contribution in [0.2, 0.25) is 0 Å². The van der Waals surface area contributed by atoms with Gasteiger partial charge >= 0.3 is 0 Å². The summed E-state index contributed by atoms with van der Waals surface area (Å²) in [4.78, 5) is 0. The van der Waals surface area contributed by atoms with Gasteiger partial charge in [-0.1, -0.05) is 114 Å². The van der Waals surface area contributed by atoms with E-state index in [-0.39, 0.29) is 0 Å². The molecule has 0 saturated heterocycles. The SMILES string of the molecule is CCCCCCCCCCCCCCCC[N+](C)(C)CC[N+](C)(C)Cc1ccccc1. The van der Waals surface area contributed by atoms with Crippen molar-refractivity contribution in [2.45, 2.75) is 103 Å². The summed E-state index contributed by atoms with van der Waals surface area (Å²) in [5.74, 6) is 0. The highest BCUT2D eigenvalue weighted by Crippen LogP contribution is 2.14. The van der Waals surface area contributed by atoms with Gasteiger partial charge in [0.1, 0.15) is 19.6 Å². The third-order valence-electron chi connectivity index (χ3n) is 6.88. The average Bonchev–Trinajstić information content (AvgIpc) is 2.73. The van der Waals surface area contributed by atoms with Crippen LogP contribution in [-0.2, 0) is 6.54 Å². The first-order valence-electron chi connectivity index (χ1n) is 13.5. The van der Waals surface area contributed by atoms with Crippen LogP contribution in [0.4, 0.5) is 0 Å². The fourth-order valence-electron chi connectivity index (χ4n) is 4.54. The van der Waals surface area contributed by atoms with E-state index in [0.29, 0.717) is 0 Å². The van der Waals surface area contributed by atoms with Crippen molar-refractivity contribution < 1.29 is 8.97 Å². The molecule has 0 unspecified atom stereocenters. The number of hydrogen-bond donors (Lipinski definition) is 0. The summed E-state index contributed by atoms with van der Waals surface area (Å²) in [6.45, 7) is 7.25. The fraction of sp³-hybridized carbons (Fsp3) is 0.793. The third-order valence-corrected chi connectivity index (χ3v) is 6.88. The van der Waals surface area contributed by atoms with Crippen LogP contribution in [0.1, 0.15) is 102 Å². The zero-order valence-corrected chi connectivity index (χ0v) is 22.0. The summed E-state index contributed by atoms with van der Waals surface area (Å²) < 4.78 is 2.24. The van der Waals surface area contributed by atoms with Crippen molar-refractivity contribution in [1.82, 2.24) is 0 Å². The number of nitrogens with zero attached hydrogens (tertiary/aromatic N) is 2. The molecule has 2 heteroatoms. The van der Waals surface area contributed by atoms with E-state index in [2.05, 4.69) is 65.4 Å². The largest absolute Gasteiger partial charge is 0.324 e. The van der Waals surface area contributed by atoms with E-state index in [1.54, 1.807) is 0 Å². The van der Waals surface area contributed by atoms with Gasteiger partial charge in [-0.15, -0.1) is 0 Å². The minimum absolute atomic E-state index is 1.07. The highest BCUT2D eigenvalue weighted by atomic mass is 15.4. The second kappa shape index (κ2) is 16.7. The summed E-state index contributed by atoms with van der Waals surface area (Å²) >= 11 is 0. The van der Waals surface area contributed by atoms with Gasteiger partial charge in [-0.05, 0) is 12.8 Å². The van der Waals surface area contributed by atoms with Gasteiger partial charge in [-0.2, -0.15) is 0 Å². The Bertz CT molecular complexity index is 521. The predicted molar refractivity (Wildman–Crippen MR) is 139 cm³/mol. The fourth-order valence-corrected chi connectivity index (χ4v) is 4.54. The molecule has 0 aliphatic heterocycles. The Morgan fingerprint density at radius 3 is 1.39 bits per heavy atom. The zero-order chi connectivity index (χ0) is 22.8. The maximum atomic E-state index is 2.42. The highest BCUT2D eigenvalue weighted by molar-refractivity contribution is 5.13. The topological polar surface area (TPSA) is 0 Å². The van der Waals surface area contributed by atoms with Crippen LogP contribution in [0.3, 0.4) is 0 Å². The van der Waals surface area contributed by atoms with Crippen molar-refractivity contribution in [3.8, 4) is 0 Å². The minimum atomic E-state index is 1.07. The molecule has 2 nitrogen and oxygen atoms in total. The Balaban J connectivity index is 1.98. The Kier molecular flexibility index (Phi) is 15.2. The summed E-state index contributed by atoms with van der Waals surface area (Å²) in [5, 5.41) is 0. The van der Waals surface area contributed by atoms with Gasteiger partial charge in [-0.25, -0.2) is 0 Å². The lowest BCUT2D eigenvalue weighted by molar-refractivity contribution is -0.952. The number of unbranched alkanes of at least 4 members (excludes halogenated alkanes) is 13. The molecule has 0 saturated carbocycles. The molecule has 0 aliphatic rings. The molecule has 31 heavy (non-hydrogen) atoms. The van der Waals surface area contributed by atoms with Crippen molar-refractivity contribution >= 4 is 0 Å². The first kappa shape index (κ1) is 28.2. The van der Waals surface area contributed by atoms with E-state index < -0.39 is 0 Å². The lowest BCUT2D eigenvalue weighted by Crippen LogP contribution is -2.50. The van der Waals surface area contributed by atoms with Crippen LogP contribution in [0.15, 0.2) is 30.3 Å². The molecule has 0 bridgehead atoms. The quantitative estimate of drug-likeness (QED) is 0.145. The molecule has 0 amide bonds. The zero-order valence-electron chi connectivity index (χ0n) is 22.0. The molecular weight excluding hydrogens is 376 g/mol. The van der Waals surface area contributed by atoms with Crippen molar-refractivity contribution in [2.24, 2.45) is 0 Å². The Labute approximate surface area is 196 Å². The molecule has 0 radical (unpaired) electrons. The van der Waals surface area contributed by atoms with E-state index >= 15 is 0 Å². The van der Waals surface area contributed by atoms with E-state index in [1.165, 1.54) is 115 Å². The lowest BCUT2D eigenvalue weighted by atomic mass is 10.0. The third kappa shape index (κ3) is 16.4. The van der Waals surface area contributed by atoms with Gasteiger partial charge in [0.2, 0.25) is 0 Å². The van der Waals surface area contributed by atoms with Gasteiger partial charge in [0.25, 0.3) is 0 Å². The Morgan fingerprint density at radius 1 is 0.484 bits per heavy atom. The van der Waals surface area contributed by atoms with E-state index in [1.807, 2.05) is 0 Å². The average molecular weight is 433 g/mol. The molecule has 0 aromatic heterocycles. The summed E-state index contributed by atoms with van der Waals surface area (Å²) in [6, 6.07) is 10.9. The Hall–Kier alpha value is -0.860. The lowest BCUT2D eigenvalue weighted by Gasteiger charge is -2.36. The predicted octanol–water partition coefficient (Wildman–Crippen LogP) is 7.82. The molecule has 0 spiro atoms. The van der Waals surface area contributed by atoms with Crippen molar-refractivity contribution in [2.75, 3.05) is 47.8 Å². The van der Waals surface area contributed by atoms with Crippen molar-refractivity contribution in [1.29, 1.82) is 0 Å². The molecule has 1 aromatic rings. The Morgan fingerprint density at radius 2 is 0.903 bits per heavy atom. The van der Waals surface area contributed by atoms with Gasteiger partial charge < -0.3 is 8.97 Å². The molecular formula is C29H56N2+2. The van der Waals surface area contributed by atoms with Gasteiger partial charge in [-0.3, -0.25) is 0 Å².